The number of hydrogen-bond acceptors (Lipinski definition) is 6. The van der Waals surface area contributed by atoms with Crippen LogP contribution in [0.1, 0.15) is 23.6 Å². The van der Waals surface area contributed by atoms with Gasteiger partial charge in [-0.2, -0.15) is 0 Å². The molecule has 0 spiro atoms. The molecule has 2 amide bonds. The Hall–Kier alpha value is -3.13. The maximum absolute atomic E-state index is 12.9. The molecule has 0 bridgehead atoms. The van der Waals surface area contributed by atoms with E-state index in [0.29, 0.717) is 46.1 Å². The van der Waals surface area contributed by atoms with Crippen molar-refractivity contribution in [1.82, 2.24) is 4.90 Å². The van der Waals surface area contributed by atoms with Gasteiger partial charge < -0.3 is 14.2 Å². The van der Waals surface area contributed by atoms with E-state index in [-0.39, 0.29) is 23.3 Å². The molecule has 1 saturated heterocycles. The largest absolute Gasteiger partial charge is 0.490 e. The highest BCUT2D eigenvalue weighted by atomic mass is 35.5. The molecule has 0 radical (unpaired) electrons. The third kappa shape index (κ3) is 6.60. The summed E-state index contributed by atoms with van der Waals surface area (Å²) >= 11 is 13.5. The van der Waals surface area contributed by atoms with Gasteiger partial charge in [-0.3, -0.25) is 14.5 Å². The van der Waals surface area contributed by atoms with Gasteiger partial charge in [-0.05, 0) is 72.6 Å². The fourth-order valence-electron chi connectivity index (χ4n) is 3.65. The van der Waals surface area contributed by atoms with Gasteiger partial charge >= 0.3 is 0 Å². The Bertz CT molecular complexity index is 1340. The molecule has 0 saturated carbocycles. The van der Waals surface area contributed by atoms with Crippen LogP contribution in [0.25, 0.3) is 6.08 Å². The molecule has 9 heteroatoms. The minimum absolute atomic E-state index is 0.101. The number of imide groups is 1. The topological polar surface area (TPSA) is 65.1 Å². The van der Waals surface area contributed by atoms with E-state index in [2.05, 4.69) is 0 Å². The number of halogens is 2. The van der Waals surface area contributed by atoms with E-state index in [4.69, 9.17) is 37.4 Å². The minimum atomic E-state index is -0.397. The first-order valence-corrected chi connectivity index (χ1v) is 13.2. The number of nitrogens with zero attached hydrogens (tertiary/aromatic N) is 1. The fourth-order valence-corrected chi connectivity index (χ4v) is 4.98. The predicted octanol–water partition coefficient (Wildman–Crippen LogP) is 7.39. The third-order valence-electron chi connectivity index (χ3n) is 5.55. The molecular weight excluding hydrogens is 533 g/mol. The normalized spacial score (nSPS) is 14.4. The Balaban J connectivity index is 1.47. The molecule has 1 aliphatic rings. The standard InChI is InChI=1S/C28H25Cl2NO5S/c1-3-34-24-15-19(14-22(30)26(24)36-17-20-9-5-4-8-18(20)2)16-25-27(32)31(28(33)37-25)12-13-35-23-11-7-6-10-21(23)29/h4-11,14-16H,3,12-13,17H2,1-2H3/b25-16-. The van der Waals surface area contributed by atoms with Crippen LogP contribution >= 0.6 is 35.0 Å². The first-order valence-electron chi connectivity index (χ1n) is 11.6. The monoisotopic (exact) mass is 557 g/mol. The summed E-state index contributed by atoms with van der Waals surface area (Å²) in [5.74, 6) is 0.983. The predicted molar refractivity (Wildman–Crippen MR) is 148 cm³/mol. The van der Waals surface area contributed by atoms with Gasteiger partial charge in [0.05, 0.1) is 28.1 Å². The van der Waals surface area contributed by atoms with Crippen LogP contribution in [0, 0.1) is 6.92 Å². The van der Waals surface area contributed by atoms with Crippen LogP contribution in [0.2, 0.25) is 10.0 Å². The van der Waals surface area contributed by atoms with Crippen LogP contribution in [-0.2, 0) is 11.4 Å². The number of amides is 2. The summed E-state index contributed by atoms with van der Waals surface area (Å²) in [6, 6.07) is 18.4. The summed E-state index contributed by atoms with van der Waals surface area (Å²) in [5.41, 5.74) is 2.77. The number of thioether (sulfide) groups is 1. The van der Waals surface area contributed by atoms with Gasteiger partial charge in [0.2, 0.25) is 0 Å². The summed E-state index contributed by atoms with van der Waals surface area (Å²) in [5, 5.41) is 0.441. The number of carbonyl (C=O) groups is 2. The smallest absolute Gasteiger partial charge is 0.293 e. The number of para-hydroxylation sites is 1. The molecular formula is C28H25Cl2NO5S. The molecule has 0 N–H and O–H groups in total. The van der Waals surface area contributed by atoms with Crippen molar-refractivity contribution in [2.45, 2.75) is 20.5 Å². The van der Waals surface area contributed by atoms with E-state index in [1.807, 2.05) is 38.1 Å². The van der Waals surface area contributed by atoms with Crippen molar-refractivity contribution in [2.75, 3.05) is 19.8 Å². The van der Waals surface area contributed by atoms with Crippen molar-refractivity contribution in [2.24, 2.45) is 0 Å². The van der Waals surface area contributed by atoms with Crippen molar-refractivity contribution in [3.63, 3.8) is 0 Å². The summed E-state index contributed by atoms with van der Waals surface area (Å²) in [6.45, 7) is 4.85. The zero-order chi connectivity index (χ0) is 26.4. The highest BCUT2D eigenvalue weighted by Gasteiger charge is 2.35. The van der Waals surface area contributed by atoms with Crippen molar-refractivity contribution in [3.8, 4) is 17.2 Å². The number of ether oxygens (including phenoxy) is 3. The fraction of sp³-hybridized carbons (Fsp3) is 0.214. The average Bonchev–Trinajstić information content (AvgIpc) is 3.13. The summed E-state index contributed by atoms with van der Waals surface area (Å²) in [4.78, 5) is 26.9. The van der Waals surface area contributed by atoms with Gasteiger partial charge in [-0.1, -0.05) is 59.6 Å². The van der Waals surface area contributed by atoms with Crippen molar-refractivity contribution < 1.29 is 23.8 Å². The van der Waals surface area contributed by atoms with E-state index in [9.17, 15) is 9.59 Å². The van der Waals surface area contributed by atoms with E-state index in [1.165, 1.54) is 0 Å². The second kappa shape index (κ2) is 12.4. The molecule has 1 heterocycles. The highest BCUT2D eigenvalue weighted by Crippen LogP contribution is 2.39. The molecule has 6 nitrogen and oxygen atoms in total. The van der Waals surface area contributed by atoms with Gasteiger partial charge in [0.1, 0.15) is 19.0 Å². The second-order valence-corrected chi connectivity index (χ2v) is 9.90. The van der Waals surface area contributed by atoms with Crippen LogP contribution in [-0.4, -0.2) is 35.8 Å². The quantitative estimate of drug-likeness (QED) is 0.242. The van der Waals surface area contributed by atoms with Crippen LogP contribution in [0.4, 0.5) is 4.79 Å². The molecule has 3 aromatic carbocycles. The number of rotatable bonds is 10. The molecule has 0 atom stereocenters. The van der Waals surface area contributed by atoms with Crippen molar-refractivity contribution in [3.05, 3.63) is 92.3 Å². The molecule has 1 aliphatic heterocycles. The summed E-state index contributed by atoms with van der Waals surface area (Å²) in [7, 11) is 0. The highest BCUT2D eigenvalue weighted by molar-refractivity contribution is 8.18. The maximum atomic E-state index is 12.9. The summed E-state index contributed by atoms with van der Waals surface area (Å²) < 4.78 is 17.4. The van der Waals surface area contributed by atoms with Crippen LogP contribution < -0.4 is 14.2 Å². The van der Waals surface area contributed by atoms with Gasteiger partial charge in [-0.25, -0.2) is 0 Å². The number of hydrogen-bond donors (Lipinski definition) is 0. The van der Waals surface area contributed by atoms with Gasteiger partial charge in [0, 0.05) is 0 Å². The molecule has 1 fully saturated rings. The summed E-state index contributed by atoms with van der Waals surface area (Å²) in [6.07, 6.45) is 1.62. The lowest BCUT2D eigenvalue weighted by atomic mass is 10.1. The molecule has 0 aromatic heterocycles. The lowest BCUT2D eigenvalue weighted by molar-refractivity contribution is -0.123. The molecule has 192 valence electrons. The first-order chi connectivity index (χ1) is 17.9. The Kier molecular flexibility index (Phi) is 9.03. The maximum Gasteiger partial charge on any atom is 0.293 e. The van der Waals surface area contributed by atoms with E-state index >= 15 is 0 Å². The lowest BCUT2D eigenvalue weighted by Crippen LogP contribution is -2.32. The van der Waals surface area contributed by atoms with E-state index in [0.717, 1.165) is 27.8 Å². The SMILES string of the molecule is CCOc1cc(/C=C2\SC(=O)N(CCOc3ccccc3Cl)C2=O)cc(Cl)c1OCc1ccccc1C. The number of carbonyl (C=O) groups excluding carboxylic acids is 2. The Morgan fingerprint density at radius 3 is 2.43 bits per heavy atom. The zero-order valence-corrected chi connectivity index (χ0v) is 22.7. The van der Waals surface area contributed by atoms with Gasteiger partial charge in [0.25, 0.3) is 11.1 Å². The molecule has 37 heavy (non-hydrogen) atoms. The van der Waals surface area contributed by atoms with E-state index < -0.39 is 5.91 Å². The second-order valence-electron chi connectivity index (χ2n) is 8.09. The minimum Gasteiger partial charge on any atom is -0.490 e. The van der Waals surface area contributed by atoms with Crippen LogP contribution in [0.15, 0.2) is 65.6 Å². The van der Waals surface area contributed by atoms with Gasteiger partial charge in [0.15, 0.2) is 11.5 Å². The molecule has 0 unspecified atom stereocenters. The molecule has 0 aliphatic carbocycles. The Morgan fingerprint density at radius 2 is 1.68 bits per heavy atom. The van der Waals surface area contributed by atoms with E-state index in [1.54, 1.807) is 42.5 Å². The molecule has 4 rings (SSSR count). The molecule has 3 aromatic rings. The van der Waals surface area contributed by atoms with Gasteiger partial charge in [-0.15, -0.1) is 0 Å². The average molecular weight is 558 g/mol. The Morgan fingerprint density at radius 1 is 0.919 bits per heavy atom. The third-order valence-corrected chi connectivity index (χ3v) is 7.05. The zero-order valence-electron chi connectivity index (χ0n) is 20.3. The Labute approximate surface area is 230 Å². The first kappa shape index (κ1) is 26.9. The van der Waals surface area contributed by atoms with Crippen molar-refractivity contribution >= 4 is 52.2 Å². The van der Waals surface area contributed by atoms with Crippen LogP contribution in [0.3, 0.4) is 0 Å². The van der Waals surface area contributed by atoms with Crippen molar-refractivity contribution in [1.29, 1.82) is 0 Å². The lowest BCUT2D eigenvalue weighted by Gasteiger charge is -2.15. The number of aryl methyl sites for hydroxylation is 1. The number of benzene rings is 3. The van der Waals surface area contributed by atoms with Crippen LogP contribution in [0.5, 0.6) is 17.2 Å².